The third-order valence-electron chi connectivity index (χ3n) is 3.01. The third-order valence-corrected chi connectivity index (χ3v) is 3.01. The van der Waals surface area contributed by atoms with Gasteiger partial charge in [0, 0.05) is 20.2 Å². The van der Waals surface area contributed by atoms with E-state index < -0.39 is 0 Å². The minimum Gasteiger partial charge on any atom is -0.378 e. The Balaban J connectivity index is 1.86. The summed E-state index contributed by atoms with van der Waals surface area (Å²) in [6.45, 7) is 3.52. The van der Waals surface area contributed by atoms with Crippen molar-refractivity contribution in [3.05, 3.63) is 35.4 Å². The van der Waals surface area contributed by atoms with Crippen LogP contribution < -0.4 is 0 Å². The molecule has 1 fully saturated rings. The van der Waals surface area contributed by atoms with Crippen LogP contribution in [0, 0.1) is 6.92 Å². The highest BCUT2D eigenvalue weighted by molar-refractivity contribution is 5.79. The zero-order chi connectivity index (χ0) is 11.5. The standard InChI is InChI=1S/C13H17NO2/c1-10-3-5-11(6-4-10)7-13(15)14-8-12(9-14)16-2/h3-6,12H,7-9H2,1-2H3. The number of rotatable bonds is 3. The Morgan fingerprint density at radius 1 is 1.38 bits per heavy atom. The summed E-state index contributed by atoms with van der Waals surface area (Å²) in [5.41, 5.74) is 2.30. The largest absolute Gasteiger partial charge is 0.378 e. The molecular formula is C13H17NO2. The Hall–Kier alpha value is -1.35. The van der Waals surface area contributed by atoms with Crippen LogP contribution in [0.1, 0.15) is 11.1 Å². The lowest BCUT2D eigenvalue weighted by Crippen LogP contribution is -2.54. The first-order valence-electron chi connectivity index (χ1n) is 5.55. The first-order chi connectivity index (χ1) is 7.69. The van der Waals surface area contributed by atoms with Gasteiger partial charge in [-0.3, -0.25) is 4.79 Å². The highest BCUT2D eigenvalue weighted by Crippen LogP contribution is 2.13. The van der Waals surface area contributed by atoms with E-state index >= 15 is 0 Å². The minimum absolute atomic E-state index is 0.192. The average molecular weight is 219 g/mol. The first-order valence-corrected chi connectivity index (χ1v) is 5.55. The third kappa shape index (κ3) is 2.42. The highest BCUT2D eigenvalue weighted by atomic mass is 16.5. The van der Waals surface area contributed by atoms with E-state index in [1.54, 1.807) is 7.11 Å². The van der Waals surface area contributed by atoms with Crippen molar-refractivity contribution >= 4 is 5.91 Å². The van der Waals surface area contributed by atoms with Gasteiger partial charge in [-0.2, -0.15) is 0 Å². The van der Waals surface area contributed by atoms with Crippen LogP contribution in [0.4, 0.5) is 0 Å². The molecule has 1 amide bonds. The lowest BCUT2D eigenvalue weighted by Gasteiger charge is -2.38. The number of nitrogens with zero attached hydrogens (tertiary/aromatic N) is 1. The van der Waals surface area contributed by atoms with Crippen molar-refractivity contribution in [3.63, 3.8) is 0 Å². The first kappa shape index (κ1) is 11.1. The SMILES string of the molecule is COC1CN(C(=O)Cc2ccc(C)cc2)C1. The van der Waals surface area contributed by atoms with E-state index in [2.05, 4.69) is 0 Å². The Labute approximate surface area is 96.0 Å². The molecule has 16 heavy (non-hydrogen) atoms. The number of carbonyl (C=O) groups is 1. The number of methoxy groups -OCH3 is 1. The molecule has 1 aromatic carbocycles. The Bertz CT molecular complexity index is 366. The topological polar surface area (TPSA) is 29.5 Å². The van der Waals surface area contributed by atoms with E-state index in [1.807, 2.05) is 36.1 Å². The number of carbonyl (C=O) groups excluding carboxylic acids is 1. The van der Waals surface area contributed by atoms with Gasteiger partial charge in [0.2, 0.25) is 5.91 Å². The molecule has 0 N–H and O–H groups in total. The van der Waals surface area contributed by atoms with Crippen molar-refractivity contribution < 1.29 is 9.53 Å². The molecule has 1 saturated heterocycles. The fourth-order valence-corrected chi connectivity index (χ4v) is 1.78. The fraction of sp³-hybridized carbons (Fsp3) is 0.462. The summed E-state index contributed by atoms with van der Waals surface area (Å²) in [6.07, 6.45) is 0.735. The number of likely N-dealkylation sites (tertiary alicyclic amines) is 1. The predicted molar refractivity (Wildman–Crippen MR) is 62.3 cm³/mol. The Morgan fingerprint density at radius 2 is 2.00 bits per heavy atom. The highest BCUT2D eigenvalue weighted by Gasteiger charge is 2.29. The van der Waals surface area contributed by atoms with Crippen LogP contribution in [0.15, 0.2) is 24.3 Å². The normalized spacial score (nSPS) is 16.0. The summed E-state index contributed by atoms with van der Waals surface area (Å²) < 4.78 is 5.14. The van der Waals surface area contributed by atoms with E-state index in [-0.39, 0.29) is 12.0 Å². The number of hydrogen-bond donors (Lipinski definition) is 0. The molecule has 2 rings (SSSR count). The van der Waals surface area contributed by atoms with Gasteiger partial charge in [-0.05, 0) is 12.5 Å². The number of amides is 1. The van der Waals surface area contributed by atoms with Gasteiger partial charge in [0.25, 0.3) is 0 Å². The van der Waals surface area contributed by atoms with Gasteiger partial charge < -0.3 is 9.64 Å². The Morgan fingerprint density at radius 3 is 2.56 bits per heavy atom. The molecule has 0 bridgehead atoms. The summed E-state index contributed by atoms with van der Waals surface area (Å²) >= 11 is 0. The van der Waals surface area contributed by atoms with Crippen LogP contribution in [0.25, 0.3) is 0 Å². The quantitative estimate of drug-likeness (QED) is 0.769. The average Bonchev–Trinajstić information content (AvgIpc) is 2.20. The van der Waals surface area contributed by atoms with Gasteiger partial charge in [0.05, 0.1) is 12.5 Å². The van der Waals surface area contributed by atoms with Crippen molar-refractivity contribution in [2.45, 2.75) is 19.4 Å². The molecule has 0 spiro atoms. The lowest BCUT2D eigenvalue weighted by molar-refractivity contribution is -0.142. The predicted octanol–water partition coefficient (Wildman–Crippen LogP) is 1.39. The molecule has 0 saturated carbocycles. The van der Waals surface area contributed by atoms with E-state index in [1.165, 1.54) is 5.56 Å². The van der Waals surface area contributed by atoms with Crippen LogP contribution in [0.5, 0.6) is 0 Å². The maximum absolute atomic E-state index is 11.8. The van der Waals surface area contributed by atoms with E-state index in [0.29, 0.717) is 6.42 Å². The van der Waals surface area contributed by atoms with Crippen molar-refractivity contribution in [1.29, 1.82) is 0 Å². The van der Waals surface area contributed by atoms with Crippen molar-refractivity contribution in [2.24, 2.45) is 0 Å². The zero-order valence-corrected chi connectivity index (χ0v) is 9.77. The minimum atomic E-state index is 0.192. The van der Waals surface area contributed by atoms with Gasteiger partial charge in [-0.1, -0.05) is 29.8 Å². The van der Waals surface area contributed by atoms with Gasteiger partial charge in [0.15, 0.2) is 0 Å². The number of benzene rings is 1. The summed E-state index contributed by atoms with van der Waals surface area (Å²) in [4.78, 5) is 13.7. The summed E-state index contributed by atoms with van der Waals surface area (Å²) in [5.74, 6) is 0.192. The monoisotopic (exact) mass is 219 g/mol. The van der Waals surface area contributed by atoms with Gasteiger partial charge in [-0.25, -0.2) is 0 Å². The molecule has 0 unspecified atom stereocenters. The second-order valence-corrected chi connectivity index (χ2v) is 4.32. The molecule has 0 aromatic heterocycles. The fourth-order valence-electron chi connectivity index (χ4n) is 1.78. The molecule has 3 nitrogen and oxygen atoms in total. The molecule has 0 aliphatic carbocycles. The van der Waals surface area contributed by atoms with Crippen LogP contribution >= 0.6 is 0 Å². The maximum atomic E-state index is 11.8. The van der Waals surface area contributed by atoms with Crippen LogP contribution in [0.3, 0.4) is 0 Å². The van der Waals surface area contributed by atoms with Crippen molar-refractivity contribution in [2.75, 3.05) is 20.2 Å². The zero-order valence-electron chi connectivity index (χ0n) is 9.77. The van der Waals surface area contributed by atoms with Crippen LogP contribution in [-0.4, -0.2) is 37.1 Å². The molecule has 1 aliphatic rings. The van der Waals surface area contributed by atoms with E-state index in [4.69, 9.17) is 4.74 Å². The van der Waals surface area contributed by atoms with E-state index in [0.717, 1.165) is 18.7 Å². The molecule has 0 atom stereocenters. The van der Waals surface area contributed by atoms with E-state index in [9.17, 15) is 4.79 Å². The van der Waals surface area contributed by atoms with Crippen LogP contribution in [-0.2, 0) is 16.0 Å². The second kappa shape index (κ2) is 4.66. The molecule has 0 radical (unpaired) electrons. The van der Waals surface area contributed by atoms with Crippen molar-refractivity contribution in [1.82, 2.24) is 4.90 Å². The van der Waals surface area contributed by atoms with Gasteiger partial charge in [-0.15, -0.1) is 0 Å². The van der Waals surface area contributed by atoms with Crippen LogP contribution in [0.2, 0.25) is 0 Å². The molecule has 86 valence electrons. The Kier molecular flexibility index (Phi) is 3.25. The molecule has 1 aromatic rings. The number of hydrogen-bond acceptors (Lipinski definition) is 2. The number of aryl methyl sites for hydroxylation is 1. The lowest BCUT2D eigenvalue weighted by atomic mass is 10.1. The second-order valence-electron chi connectivity index (χ2n) is 4.32. The molecule has 1 aliphatic heterocycles. The molecular weight excluding hydrogens is 202 g/mol. The van der Waals surface area contributed by atoms with Gasteiger partial charge in [0.1, 0.15) is 0 Å². The smallest absolute Gasteiger partial charge is 0.227 e. The number of ether oxygens (including phenoxy) is 1. The maximum Gasteiger partial charge on any atom is 0.227 e. The van der Waals surface area contributed by atoms with Gasteiger partial charge >= 0.3 is 0 Å². The van der Waals surface area contributed by atoms with Crippen molar-refractivity contribution in [3.8, 4) is 0 Å². The molecule has 1 heterocycles. The summed E-state index contributed by atoms with van der Waals surface area (Å²) in [6, 6.07) is 8.11. The summed E-state index contributed by atoms with van der Waals surface area (Å²) in [7, 11) is 1.69. The summed E-state index contributed by atoms with van der Waals surface area (Å²) in [5, 5.41) is 0. The molecule has 3 heteroatoms.